The normalized spacial score (nSPS) is 12.5. The Labute approximate surface area is 615 Å². The van der Waals surface area contributed by atoms with Gasteiger partial charge in [0, 0.05) is 88.6 Å². The van der Waals surface area contributed by atoms with Gasteiger partial charge in [0.05, 0.1) is 62.2 Å². The van der Waals surface area contributed by atoms with Gasteiger partial charge >= 0.3 is 0 Å². The summed E-state index contributed by atoms with van der Waals surface area (Å²) in [6, 6.07) is 52.2. The van der Waals surface area contributed by atoms with Crippen LogP contribution in [0.15, 0.2) is 176 Å². The van der Waals surface area contributed by atoms with Gasteiger partial charge in [-0.3, -0.25) is 0 Å². The first kappa shape index (κ1) is 67.5. The summed E-state index contributed by atoms with van der Waals surface area (Å²) < 4.78 is 239. The van der Waals surface area contributed by atoms with Crippen LogP contribution >= 0.6 is 0 Å². The molecule has 111 heavy (non-hydrogen) atoms. The van der Waals surface area contributed by atoms with Crippen molar-refractivity contribution in [1.82, 2.24) is 39.9 Å². The zero-order chi connectivity index (χ0) is 76.3. The highest BCUT2D eigenvalue weighted by molar-refractivity contribution is 6.17. The smallest absolute Gasteiger partial charge is 0.200 e. The molecule has 8 nitrogen and oxygen atoms in total. The number of fused-ring (bicyclic) bond motifs is 20. The Morgan fingerprint density at radius 2 is 0.342 bits per heavy atom. The van der Waals surface area contributed by atoms with E-state index in [2.05, 4.69) is 24.9 Å². The molecule has 6 aromatic heterocycles. The molecule has 0 fully saturated rings. The number of hydrogen-bond donors (Lipinski definition) is 4. The molecule has 0 unspecified atom stereocenters. The van der Waals surface area contributed by atoms with Crippen LogP contribution < -0.4 is 0 Å². The van der Waals surface area contributed by atoms with E-state index >= 15 is 61.5 Å². The van der Waals surface area contributed by atoms with Crippen LogP contribution in [0.3, 0.4) is 0 Å². The Kier molecular flexibility index (Phi) is 15.5. The van der Waals surface area contributed by atoms with Crippen molar-refractivity contribution in [3.05, 3.63) is 309 Å². The summed E-state index contributed by atoms with van der Waals surface area (Å²) in [5.41, 5.74) is 1.39. The van der Waals surface area contributed by atoms with Crippen LogP contribution in [0.5, 0.6) is 0 Å². The van der Waals surface area contributed by atoms with Crippen LogP contribution in [0.25, 0.3) is 204 Å². The first-order valence-electron chi connectivity index (χ1n) is 34.1. The standard InChI is InChI=1S/C88H41F15N8/c89-74-71(75(90)81(96)86(101)80(74)95)68-55-32-30-53(108-55)67(54-31-33-56(109-54)69(72-76(91)82(97)87(102)83(98)77(72)92)58-35-37-60(111-58)70(59-36-34-57(68)110-59)73-78(93)84(99)88(103)85(100)79(73)94)44-21-11-19-42-41-18-10-20-43(64(41)65(42)44)66-51-28-26-49(106-51)62(39-14-6-2-7-15-39)47-24-22-45(104-47)61(38-12-4-1-5-13-38)46-23-25-48(105-46)63(40-16-8-3-9-17-40)50-27-29-52(66)107-50/h1-37,104,107-108,111H. The molecule has 5 aliphatic rings. The lowest BCUT2D eigenvalue weighted by Gasteiger charge is -2.30. The third-order valence-corrected chi connectivity index (χ3v) is 20.3. The van der Waals surface area contributed by atoms with Crippen LogP contribution in [-0.4, -0.2) is 39.9 Å². The molecule has 0 radical (unpaired) electrons. The molecule has 23 heteroatoms. The summed E-state index contributed by atoms with van der Waals surface area (Å²) in [5, 5.41) is 0. The van der Waals surface area contributed by atoms with Crippen LogP contribution in [0.1, 0.15) is 45.6 Å². The molecule has 19 rings (SSSR count). The van der Waals surface area contributed by atoms with E-state index in [9.17, 15) is 4.39 Å². The van der Waals surface area contributed by atoms with E-state index in [1.54, 1.807) is 12.1 Å². The number of H-pyrrole nitrogens is 4. The third-order valence-electron chi connectivity index (χ3n) is 20.3. The van der Waals surface area contributed by atoms with E-state index in [0.29, 0.717) is 67.2 Å². The Bertz CT molecular complexity index is 6820. The van der Waals surface area contributed by atoms with E-state index in [4.69, 9.17) is 15.0 Å². The first-order chi connectivity index (χ1) is 53.8. The molecule has 16 bridgehead atoms. The monoisotopic (exact) mass is 1490 g/mol. The lowest BCUT2D eigenvalue weighted by Crippen LogP contribution is -2.06. The summed E-state index contributed by atoms with van der Waals surface area (Å²) in [4.78, 5) is 33.3. The van der Waals surface area contributed by atoms with E-state index in [-0.39, 0.29) is 22.3 Å². The molecule has 10 heterocycles. The second kappa shape index (κ2) is 25.5. The SMILES string of the molecule is Fc1c(F)c(F)c(-c2c3nc(c(-c4c(F)c(F)c(F)c(F)c4F)c4ccc([nH]4)c(-c4c(F)c(F)c(F)c(F)c4F)c4nc(c(-c5cccc6c5-c5c-6cccc5-c5c6nc(c(-c7ccccc7)c7ccc([nH]7)c(-c7ccccc7)c7nc(c(-c8ccccc8)c8ccc5[nH]8)C=C7)C=C6)c5ccc2[nH]5)C=C4)C=C3)c(F)c1F. The fraction of sp³-hybridized carbons (Fsp3) is 0. The zero-order valence-corrected chi connectivity index (χ0v) is 56.3. The Morgan fingerprint density at radius 1 is 0.153 bits per heavy atom. The van der Waals surface area contributed by atoms with Crippen LogP contribution in [0.4, 0.5) is 65.9 Å². The predicted octanol–water partition coefficient (Wildman–Crippen LogP) is 24.7. The van der Waals surface area contributed by atoms with Crippen molar-refractivity contribution in [2.24, 2.45) is 0 Å². The highest BCUT2D eigenvalue weighted by atomic mass is 19.2. The van der Waals surface area contributed by atoms with Gasteiger partial charge in [-0.05, 0) is 147 Å². The molecule has 8 aromatic carbocycles. The van der Waals surface area contributed by atoms with Crippen molar-refractivity contribution in [1.29, 1.82) is 0 Å². The van der Waals surface area contributed by atoms with Crippen LogP contribution in [0, 0.1) is 87.3 Å². The van der Waals surface area contributed by atoms with Crippen molar-refractivity contribution in [3.63, 3.8) is 0 Å². The molecule has 0 atom stereocenters. The van der Waals surface area contributed by atoms with Crippen LogP contribution in [-0.2, 0) is 0 Å². The average Bonchev–Trinajstić information content (AvgIpc) is 0.740. The van der Waals surface area contributed by atoms with E-state index in [1.807, 2.05) is 164 Å². The minimum atomic E-state index is -2.63. The number of benzene rings is 8. The number of nitrogens with zero attached hydrogens (tertiary/aromatic N) is 4. The van der Waals surface area contributed by atoms with E-state index in [0.717, 1.165) is 80.8 Å². The topological polar surface area (TPSA) is 115 Å². The first-order valence-corrected chi connectivity index (χ1v) is 34.1. The van der Waals surface area contributed by atoms with Crippen molar-refractivity contribution in [2.75, 3.05) is 0 Å². The lowest BCUT2D eigenvalue weighted by atomic mass is 9.73. The van der Waals surface area contributed by atoms with Gasteiger partial charge in [-0.25, -0.2) is 85.8 Å². The molecule has 0 amide bonds. The molecule has 0 saturated heterocycles. The van der Waals surface area contributed by atoms with Gasteiger partial charge in [0.1, 0.15) is 0 Å². The second-order valence-corrected chi connectivity index (χ2v) is 26.4. The number of halogens is 15. The molecular weight excluding hydrogens is 1450 g/mol. The highest BCUT2D eigenvalue weighted by Gasteiger charge is 2.37. The maximum Gasteiger partial charge on any atom is 0.200 e. The summed E-state index contributed by atoms with van der Waals surface area (Å²) in [5.74, 6) is -37.1. The maximum atomic E-state index is 16.8. The number of nitrogens with one attached hydrogen (secondary N) is 4. The number of hydrogen-bond acceptors (Lipinski definition) is 4. The summed E-state index contributed by atoms with van der Waals surface area (Å²) in [6.45, 7) is 0. The third kappa shape index (κ3) is 10.3. The van der Waals surface area contributed by atoms with Crippen molar-refractivity contribution >= 4 is 92.7 Å². The summed E-state index contributed by atoms with van der Waals surface area (Å²) >= 11 is 0. The lowest BCUT2D eigenvalue weighted by molar-refractivity contribution is 0.381. The van der Waals surface area contributed by atoms with Gasteiger partial charge in [-0.2, -0.15) is 0 Å². The maximum absolute atomic E-state index is 16.8. The largest absolute Gasteiger partial charge is 0.354 e. The Morgan fingerprint density at radius 3 is 0.586 bits per heavy atom. The van der Waals surface area contributed by atoms with Gasteiger partial charge in [0.25, 0.3) is 0 Å². The molecule has 1 aliphatic carbocycles. The van der Waals surface area contributed by atoms with Gasteiger partial charge in [-0.1, -0.05) is 127 Å². The number of aromatic nitrogens is 8. The van der Waals surface area contributed by atoms with Crippen molar-refractivity contribution in [3.8, 4) is 111 Å². The quantitative estimate of drug-likeness (QED) is 0.0689. The van der Waals surface area contributed by atoms with Crippen LogP contribution in [0.2, 0.25) is 0 Å². The molecule has 0 saturated carbocycles. The van der Waals surface area contributed by atoms with E-state index < -0.39 is 154 Å². The molecule has 538 valence electrons. The van der Waals surface area contributed by atoms with E-state index in [1.165, 1.54) is 12.1 Å². The highest BCUT2D eigenvalue weighted by Crippen LogP contribution is 2.58. The van der Waals surface area contributed by atoms with Crippen molar-refractivity contribution < 1.29 is 65.9 Å². The summed E-state index contributed by atoms with van der Waals surface area (Å²) in [7, 11) is 0. The fourth-order valence-corrected chi connectivity index (χ4v) is 15.4. The second-order valence-electron chi connectivity index (χ2n) is 26.4. The molecule has 4 N–H and O–H groups in total. The minimum Gasteiger partial charge on any atom is -0.354 e. The Balaban J connectivity index is 0.932. The van der Waals surface area contributed by atoms with Gasteiger partial charge in [0.15, 0.2) is 69.8 Å². The predicted molar refractivity (Wildman–Crippen MR) is 399 cm³/mol. The number of rotatable bonds is 8. The van der Waals surface area contributed by atoms with Gasteiger partial charge in [-0.15, -0.1) is 0 Å². The van der Waals surface area contributed by atoms with Crippen molar-refractivity contribution in [2.45, 2.75) is 0 Å². The van der Waals surface area contributed by atoms with Gasteiger partial charge < -0.3 is 19.9 Å². The zero-order valence-electron chi connectivity index (χ0n) is 56.3. The molecule has 0 spiro atoms. The van der Waals surface area contributed by atoms with Gasteiger partial charge in [0.2, 0.25) is 17.5 Å². The molecule has 14 aromatic rings. The Hall–Kier alpha value is -14.1. The molecular formula is C88H41F15N8. The number of aromatic amines is 4. The average molecular weight is 1500 g/mol. The minimum absolute atomic E-state index is 0.0123. The summed E-state index contributed by atoms with van der Waals surface area (Å²) in [6.07, 6.45) is 11.8. The molecule has 4 aliphatic heterocycles. The fourth-order valence-electron chi connectivity index (χ4n) is 15.4.